The molecule has 25 heavy (non-hydrogen) atoms. The first-order chi connectivity index (χ1) is 12.0. The predicted molar refractivity (Wildman–Crippen MR) is 102 cm³/mol. The minimum Gasteiger partial charge on any atom is -0.490 e. The van der Waals surface area contributed by atoms with Crippen LogP contribution in [0.2, 0.25) is 0 Å². The lowest BCUT2D eigenvalue weighted by Gasteiger charge is -2.31. The highest BCUT2D eigenvalue weighted by atomic mass is 16.5. The van der Waals surface area contributed by atoms with Gasteiger partial charge in [0.2, 0.25) is 0 Å². The highest BCUT2D eigenvalue weighted by Crippen LogP contribution is 2.32. The zero-order valence-corrected chi connectivity index (χ0v) is 16.2. The molecule has 0 radical (unpaired) electrons. The Kier molecular flexibility index (Phi) is 7.30. The predicted octanol–water partition coefficient (Wildman–Crippen LogP) is 5.24. The summed E-state index contributed by atoms with van der Waals surface area (Å²) in [5.41, 5.74) is 1.16. The lowest BCUT2D eigenvalue weighted by molar-refractivity contribution is -0.143. The maximum Gasteiger partial charge on any atom is 0.256 e. The fraction of sp³-hybridized carbons (Fsp3) is 0.667. The van der Waals surface area contributed by atoms with Crippen molar-refractivity contribution in [3.8, 4) is 5.75 Å². The van der Waals surface area contributed by atoms with Gasteiger partial charge in [-0.15, -0.1) is 0 Å². The molecule has 0 unspecified atom stereocenters. The topological polar surface area (TPSA) is 47.6 Å². The molecule has 0 saturated heterocycles. The van der Waals surface area contributed by atoms with E-state index in [1.165, 1.54) is 12.8 Å². The molecule has 0 spiro atoms. The maximum atomic E-state index is 13.0. The molecule has 1 aromatic carbocycles. The van der Waals surface area contributed by atoms with E-state index in [-0.39, 0.29) is 12.0 Å². The van der Waals surface area contributed by atoms with Crippen LogP contribution in [0.5, 0.6) is 5.75 Å². The zero-order chi connectivity index (χ0) is 18.3. The van der Waals surface area contributed by atoms with Crippen molar-refractivity contribution in [1.29, 1.82) is 0 Å². The van der Waals surface area contributed by atoms with E-state index in [0.717, 1.165) is 49.1 Å². The first kappa shape index (κ1) is 19.8. The summed E-state index contributed by atoms with van der Waals surface area (Å²) >= 11 is 0. The lowest BCUT2D eigenvalue weighted by atomic mass is 9.92. The molecule has 1 amide bonds. The largest absolute Gasteiger partial charge is 0.490 e. The molecule has 140 valence electrons. The maximum absolute atomic E-state index is 13.0. The van der Waals surface area contributed by atoms with E-state index in [1.54, 1.807) is 0 Å². The summed E-state index contributed by atoms with van der Waals surface area (Å²) in [6.07, 6.45) is 7.23. The van der Waals surface area contributed by atoms with Crippen molar-refractivity contribution in [3.63, 3.8) is 0 Å². The molecule has 1 fully saturated rings. The van der Waals surface area contributed by atoms with Crippen LogP contribution < -0.4 is 10.1 Å². The molecule has 4 heteroatoms. The van der Waals surface area contributed by atoms with E-state index < -0.39 is 5.60 Å². The van der Waals surface area contributed by atoms with Crippen molar-refractivity contribution in [2.45, 2.75) is 84.3 Å². The molecule has 4 nitrogen and oxygen atoms in total. The van der Waals surface area contributed by atoms with Gasteiger partial charge in [0, 0.05) is 12.3 Å². The molecule has 1 atom stereocenters. The van der Waals surface area contributed by atoms with Gasteiger partial charge < -0.3 is 14.8 Å². The number of hydrogen-bond acceptors (Lipinski definition) is 3. The number of benzene rings is 1. The van der Waals surface area contributed by atoms with Gasteiger partial charge in [0.25, 0.3) is 5.91 Å². The quantitative estimate of drug-likeness (QED) is 0.686. The number of rotatable bonds is 7. The van der Waals surface area contributed by atoms with Gasteiger partial charge in [-0.2, -0.15) is 0 Å². The summed E-state index contributed by atoms with van der Waals surface area (Å²) in [5, 5.41) is 3.08. The van der Waals surface area contributed by atoms with Gasteiger partial charge in [-0.25, -0.2) is 0 Å². The first-order valence-corrected chi connectivity index (χ1v) is 9.73. The molecule has 1 aliphatic rings. The number of carbonyl (C=O) groups is 1. The molecule has 0 aromatic heterocycles. The number of anilines is 1. The molecule has 1 saturated carbocycles. The Morgan fingerprint density at radius 1 is 1.20 bits per heavy atom. The molecule has 2 rings (SSSR count). The molecule has 1 aromatic rings. The average molecular weight is 347 g/mol. The van der Waals surface area contributed by atoms with E-state index >= 15 is 0 Å². The minimum absolute atomic E-state index is 0.00811. The van der Waals surface area contributed by atoms with Crippen LogP contribution in [0.1, 0.15) is 71.3 Å². The number of carbonyl (C=O) groups excluding carboxylic acids is 1. The minimum atomic E-state index is -0.676. The van der Waals surface area contributed by atoms with Gasteiger partial charge in [-0.05, 0) is 63.8 Å². The lowest BCUT2D eigenvalue weighted by Crippen LogP contribution is -2.45. The van der Waals surface area contributed by atoms with Crippen molar-refractivity contribution in [1.82, 2.24) is 0 Å². The number of amides is 1. The number of ether oxygens (including phenoxy) is 2. The second-order valence-corrected chi connectivity index (χ2v) is 7.11. The monoisotopic (exact) mass is 347 g/mol. The van der Waals surface area contributed by atoms with Gasteiger partial charge in [-0.1, -0.05) is 32.6 Å². The van der Waals surface area contributed by atoms with Crippen molar-refractivity contribution < 1.29 is 14.3 Å². The van der Waals surface area contributed by atoms with Crippen LogP contribution in [-0.4, -0.2) is 24.2 Å². The Morgan fingerprint density at radius 3 is 2.44 bits per heavy atom. The van der Waals surface area contributed by atoms with E-state index in [2.05, 4.69) is 19.2 Å². The van der Waals surface area contributed by atoms with Gasteiger partial charge in [0.1, 0.15) is 11.4 Å². The standard InChI is InChI=1S/C21H33NO3/c1-5-17(4)25-19-12-11-18(15-16(19)3)22-20(23)21(24-6-2)13-9-7-8-10-14-21/h11-12,15,17H,5-10,13-14H2,1-4H3,(H,22,23)/t17-/m0/s1. The second-order valence-electron chi connectivity index (χ2n) is 7.11. The fourth-order valence-electron chi connectivity index (χ4n) is 3.42. The van der Waals surface area contributed by atoms with E-state index in [9.17, 15) is 4.79 Å². The smallest absolute Gasteiger partial charge is 0.256 e. The Labute approximate surface area is 152 Å². The third-order valence-corrected chi connectivity index (χ3v) is 5.08. The zero-order valence-electron chi connectivity index (χ0n) is 16.2. The number of hydrogen-bond donors (Lipinski definition) is 1. The molecule has 1 N–H and O–H groups in total. The summed E-state index contributed by atoms with van der Waals surface area (Å²) in [4.78, 5) is 13.0. The Morgan fingerprint density at radius 2 is 1.88 bits per heavy atom. The molecule has 0 bridgehead atoms. The molecule has 1 aliphatic carbocycles. The summed E-state index contributed by atoms with van der Waals surface area (Å²) < 4.78 is 11.9. The van der Waals surface area contributed by atoms with Crippen LogP contribution in [0.15, 0.2) is 18.2 Å². The van der Waals surface area contributed by atoms with E-state index in [4.69, 9.17) is 9.47 Å². The summed E-state index contributed by atoms with van der Waals surface area (Å²) in [5.74, 6) is 0.868. The molecular formula is C21H33NO3. The third kappa shape index (κ3) is 5.21. The SMILES string of the molecule is CCOC1(C(=O)Nc2ccc(O[C@@H](C)CC)c(C)c2)CCCCCC1. The molecule has 0 heterocycles. The summed E-state index contributed by atoms with van der Waals surface area (Å²) in [7, 11) is 0. The van der Waals surface area contributed by atoms with E-state index in [0.29, 0.717) is 6.61 Å². The number of aryl methyl sites for hydroxylation is 1. The van der Waals surface area contributed by atoms with E-state index in [1.807, 2.05) is 32.0 Å². The van der Waals surface area contributed by atoms with Crippen LogP contribution in [0.3, 0.4) is 0 Å². The van der Waals surface area contributed by atoms with Crippen LogP contribution in [0.4, 0.5) is 5.69 Å². The van der Waals surface area contributed by atoms with Crippen LogP contribution >= 0.6 is 0 Å². The van der Waals surface area contributed by atoms with Gasteiger partial charge in [-0.3, -0.25) is 4.79 Å². The molecular weight excluding hydrogens is 314 g/mol. The van der Waals surface area contributed by atoms with Crippen LogP contribution in [-0.2, 0) is 9.53 Å². The Bertz CT molecular complexity index is 562. The fourth-order valence-corrected chi connectivity index (χ4v) is 3.42. The highest BCUT2D eigenvalue weighted by Gasteiger charge is 2.39. The Balaban J connectivity index is 2.11. The van der Waals surface area contributed by atoms with Crippen molar-refractivity contribution in [3.05, 3.63) is 23.8 Å². The summed E-state index contributed by atoms with van der Waals surface area (Å²) in [6.45, 7) is 8.71. The molecule has 0 aliphatic heterocycles. The third-order valence-electron chi connectivity index (χ3n) is 5.08. The highest BCUT2D eigenvalue weighted by molar-refractivity contribution is 5.97. The average Bonchev–Trinajstić information content (AvgIpc) is 2.84. The first-order valence-electron chi connectivity index (χ1n) is 9.73. The second kappa shape index (κ2) is 9.23. The van der Waals surface area contributed by atoms with Gasteiger partial charge >= 0.3 is 0 Å². The van der Waals surface area contributed by atoms with Crippen molar-refractivity contribution in [2.24, 2.45) is 0 Å². The Hall–Kier alpha value is -1.55. The van der Waals surface area contributed by atoms with Crippen LogP contribution in [0.25, 0.3) is 0 Å². The van der Waals surface area contributed by atoms with Crippen molar-refractivity contribution >= 4 is 11.6 Å². The normalized spacial score (nSPS) is 18.2. The van der Waals surface area contributed by atoms with Crippen molar-refractivity contribution in [2.75, 3.05) is 11.9 Å². The number of nitrogens with one attached hydrogen (secondary N) is 1. The van der Waals surface area contributed by atoms with Gasteiger partial charge in [0.15, 0.2) is 0 Å². The van der Waals surface area contributed by atoms with Gasteiger partial charge in [0.05, 0.1) is 6.10 Å². The van der Waals surface area contributed by atoms with Crippen LogP contribution in [0, 0.1) is 6.92 Å². The summed E-state index contributed by atoms with van der Waals surface area (Å²) in [6, 6.07) is 5.84.